The zero-order valence-electron chi connectivity index (χ0n) is 13.9. The van der Waals surface area contributed by atoms with Gasteiger partial charge in [0.15, 0.2) is 0 Å². The SMILES string of the molecule is CC(C)CNCc1nnc(N(CC(C)C)C2CCCC2)o1. The molecule has 1 aromatic heterocycles. The molecule has 0 radical (unpaired) electrons. The fourth-order valence-corrected chi connectivity index (χ4v) is 2.89. The summed E-state index contributed by atoms with van der Waals surface area (Å²) in [4.78, 5) is 2.33. The highest BCUT2D eigenvalue weighted by atomic mass is 16.4. The molecule has 0 aliphatic heterocycles. The van der Waals surface area contributed by atoms with Gasteiger partial charge in [-0.1, -0.05) is 45.6 Å². The van der Waals surface area contributed by atoms with Gasteiger partial charge in [0.25, 0.3) is 0 Å². The molecule has 0 aromatic carbocycles. The quantitative estimate of drug-likeness (QED) is 0.798. The van der Waals surface area contributed by atoms with Crippen molar-refractivity contribution in [3.05, 3.63) is 5.89 Å². The first-order valence-electron chi connectivity index (χ1n) is 8.36. The third kappa shape index (κ3) is 4.99. The van der Waals surface area contributed by atoms with Gasteiger partial charge in [-0.2, -0.15) is 0 Å². The van der Waals surface area contributed by atoms with Crippen molar-refractivity contribution in [2.24, 2.45) is 11.8 Å². The van der Waals surface area contributed by atoms with Crippen LogP contribution < -0.4 is 10.2 Å². The highest BCUT2D eigenvalue weighted by Gasteiger charge is 2.27. The van der Waals surface area contributed by atoms with Crippen molar-refractivity contribution in [2.75, 3.05) is 18.0 Å². The van der Waals surface area contributed by atoms with E-state index in [0.29, 0.717) is 36.3 Å². The molecule has 1 aliphatic carbocycles. The molecular weight excluding hydrogens is 264 g/mol. The minimum Gasteiger partial charge on any atom is -0.407 e. The first-order valence-corrected chi connectivity index (χ1v) is 8.36. The van der Waals surface area contributed by atoms with Gasteiger partial charge in [0, 0.05) is 12.6 Å². The normalized spacial score (nSPS) is 16.3. The first-order chi connectivity index (χ1) is 10.1. The summed E-state index contributed by atoms with van der Waals surface area (Å²) in [5.74, 6) is 1.92. The van der Waals surface area contributed by atoms with Gasteiger partial charge in [-0.25, -0.2) is 0 Å². The molecular formula is C16H30N4O. The summed E-state index contributed by atoms with van der Waals surface area (Å²) in [7, 11) is 0. The predicted molar refractivity (Wildman–Crippen MR) is 85.3 cm³/mol. The lowest BCUT2D eigenvalue weighted by Crippen LogP contribution is -2.36. The molecule has 0 bridgehead atoms. The van der Waals surface area contributed by atoms with Gasteiger partial charge in [-0.3, -0.25) is 0 Å². The zero-order valence-corrected chi connectivity index (χ0v) is 13.9. The highest BCUT2D eigenvalue weighted by molar-refractivity contribution is 5.27. The van der Waals surface area contributed by atoms with Crippen molar-refractivity contribution in [3.8, 4) is 0 Å². The van der Waals surface area contributed by atoms with Gasteiger partial charge in [0.05, 0.1) is 6.54 Å². The van der Waals surface area contributed by atoms with E-state index in [4.69, 9.17) is 4.42 Å². The Hall–Kier alpha value is -1.10. The lowest BCUT2D eigenvalue weighted by atomic mass is 10.1. The molecule has 0 unspecified atom stereocenters. The Morgan fingerprint density at radius 2 is 1.86 bits per heavy atom. The Kier molecular flexibility index (Phi) is 6.03. The van der Waals surface area contributed by atoms with E-state index in [2.05, 4.69) is 48.1 Å². The van der Waals surface area contributed by atoms with E-state index in [1.54, 1.807) is 0 Å². The van der Waals surface area contributed by atoms with E-state index >= 15 is 0 Å². The van der Waals surface area contributed by atoms with Crippen molar-refractivity contribution < 1.29 is 4.42 Å². The molecule has 5 nitrogen and oxygen atoms in total. The zero-order chi connectivity index (χ0) is 15.2. The first kappa shape index (κ1) is 16.3. The number of hydrogen-bond acceptors (Lipinski definition) is 5. The van der Waals surface area contributed by atoms with Crippen LogP contribution in [-0.4, -0.2) is 29.3 Å². The Labute approximate surface area is 128 Å². The summed E-state index contributed by atoms with van der Waals surface area (Å²) in [6.45, 7) is 11.5. The summed E-state index contributed by atoms with van der Waals surface area (Å²) in [6, 6.07) is 1.28. The number of anilines is 1. The van der Waals surface area contributed by atoms with Gasteiger partial charge in [0.2, 0.25) is 5.89 Å². The molecule has 120 valence electrons. The maximum Gasteiger partial charge on any atom is 0.318 e. The van der Waals surface area contributed by atoms with E-state index in [1.165, 1.54) is 25.7 Å². The van der Waals surface area contributed by atoms with E-state index in [-0.39, 0.29) is 0 Å². The second-order valence-corrected chi connectivity index (χ2v) is 6.99. The van der Waals surface area contributed by atoms with Crippen molar-refractivity contribution in [1.29, 1.82) is 0 Å². The minimum atomic E-state index is 0.573. The maximum atomic E-state index is 5.88. The van der Waals surface area contributed by atoms with Crippen molar-refractivity contribution >= 4 is 6.01 Å². The minimum absolute atomic E-state index is 0.573. The summed E-state index contributed by atoms with van der Waals surface area (Å²) in [6.07, 6.45) is 5.12. The standard InChI is InChI=1S/C16H30N4O/c1-12(2)9-17-10-15-18-19-16(21-15)20(11-13(3)4)14-7-5-6-8-14/h12-14,17H,5-11H2,1-4H3. The second-order valence-electron chi connectivity index (χ2n) is 6.99. The fourth-order valence-electron chi connectivity index (χ4n) is 2.89. The van der Waals surface area contributed by atoms with Gasteiger partial charge in [0.1, 0.15) is 0 Å². The highest BCUT2D eigenvalue weighted by Crippen LogP contribution is 2.28. The number of aromatic nitrogens is 2. The molecule has 21 heavy (non-hydrogen) atoms. The van der Waals surface area contributed by atoms with Gasteiger partial charge in [-0.05, 0) is 31.2 Å². The van der Waals surface area contributed by atoms with Crippen LogP contribution in [0, 0.1) is 11.8 Å². The molecule has 0 saturated heterocycles. The monoisotopic (exact) mass is 294 g/mol. The average Bonchev–Trinajstić information content (AvgIpc) is 3.07. The molecule has 1 fully saturated rings. The van der Waals surface area contributed by atoms with Crippen LogP contribution in [0.2, 0.25) is 0 Å². The van der Waals surface area contributed by atoms with E-state index in [0.717, 1.165) is 13.1 Å². The molecule has 1 N–H and O–H groups in total. The van der Waals surface area contributed by atoms with Crippen LogP contribution in [0.25, 0.3) is 0 Å². The molecule has 0 spiro atoms. The van der Waals surface area contributed by atoms with Crippen LogP contribution in [0.3, 0.4) is 0 Å². The molecule has 1 heterocycles. The Morgan fingerprint density at radius 3 is 2.48 bits per heavy atom. The van der Waals surface area contributed by atoms with E-state index in [1.807, 2.05) is 0 Å². The third-order valence-corrected chi connectivity index (χ3v) is 3.86. The van der Waals surface area contributed by atoms with Crippen LogP contribution in [0.1, 0.15) is 59.3 Å². The molecule has 5 heteroatoms. The number of rotatable bonds is 8. The number of hydrogen-bond donors (Lipinski definition) is 1. The van der Waals surface area contributed by atoms with Gasteiger partial charge >= 0.3 is 6.01 Å². The molecule has 0 amide bonds. The summed E-state index contributed by atoms with van der Waals surface area (Å²) in [5, 5.41) is 11.8. The molecule has 2 rings (SSSR count). The third-order valence-electron chi connectivity index (χ3n) is 3.86. The van der Waals surface area contributed by atoms with E-state index in [9.17, 15) is 0 Å². The van der Waals surface area contributed by atoms with Crippen molar-refractivity contribution in [2.45, 2.75) is 66.0 Å². The van der Waals surface area contributed by atoms with Crippen LogP contribution in [0.15, 0.2) is 4.42 Å². The Balaban J connectivity index is 1.97. The summed E-state index contributed by atoms with van der Waals surface area (Å²) < 4.78 is 5.88. The van der Waals surface area contributed by atoms with Crippen LogP contribution >= 0.6 is 0 Å². The number of nitrogens with zero attached hydrogens (tertiary/aromatic N) is 3. The Bertz CT molecular complexity index is 410. The summed E-state index contributed by atoms with van der Waals surface area (Å²) >= 11 is 0. The largest absolute Gasteiger partial charge is 0.407 e. The lowest BCUT2D eigenvalue weighted by molar-refractivity contribution is 0.423. The predicted octanol–water partition coefficient (Wildman–Crippen LogP) is 3.22. The van der Waals surface area contributed by atoms with E-state index < -0.39 is 0 Å². The molecule has 1 aromatic rings. The topological polar surface area (TPSA) is 54.2 Å². The molecule has 0 atom stereocenters. The summed E-state index contributed by atoms with van der Waals surface area (Å²) in [5.41, 5.74) is 0. The Morgan fingerprint density at radius 1 is 1.14 bits per heavy atom. The average molecular weight is 294 g/mol. The van der Waals surface area contributed by atoms with Crippen molar-refractivity contribution in [1.82, 2.24) is 15.5 Å². The fraction of sp³-hybridized carbons (Fsp3) is 0.875. The number of nitrogens with one attached hydrogen (secondary N) is 1. The maximum absolute atomic E-state index is 5.88. The smallest absolute Gasteiger partial charge is 0.318 e. The van der Waals surface area contributed by atoms with Gasteiger partial charge < -0.3 is 14.6 Å². The van der Waals surface area contributed by atoms with Crippen LogP contribution in [0.4, 0.5) is 6.01 Å². The van der Waals surface area contributed by atoms with Crippen molar-refractivity contribution in [3.63, 3.8) is 0 Å². The molecule has 1 saturated carbocycles. The lowest BCUT2D eigenvalue weighted by Gasteiger charge is -2.28. The van der Waals surface area contributed by atoms with Crippen LogP contribution in [-0.2, 0) is 6.54 Å². The second kappa shape index (κ2) is 7.78. The van der Waals surface area contributed by atoms with Crippen LogP contribution in [0.5, 0.6) is 0 Å². The molecule has 1 aliphatic rings. The van der Waals surface area contributed by atoms with Gasteiger partial charge in [-0.15, -0.1) is 5.10 Å².